The lowest BCUT2D eigenvalue weighted by Crippen LogP contribution is -2.39. The van der Waals surface area contributed by atoms with Crippen LogP contribution in [0.5, 0.6) is 0 Å². The minimum Gasteiger partial charge on any atom is -0.367 e. The summed E-state index contributed by atoms with van der Waals surface area (Å²) < 4.78 is 1.76. The van der Waals surface area contributed by atoms with E-state index in [0.29, 0.717) is 24.2 Å². The molecule has 4 rings (SSSR count). The third-order valence-corrected chi connectivity index (χ3v) is 5.29. The molecule has 1 saturated heterocycles. The van der Waals surface area contributed by atoms with Crippen molar-refractivity contribution in [1.29, 1.82) is 0 Å². The van der Waals surface area contributed by atoms with Crippen LogP contribution < -0.4 is 5.32 Å². The number of carbonyl (C=O) groups is 2. The molecule has 1 atom stereocenters. The van der Waals surface area contributed by atoms with Gasteiger partial charge >= 0.3 is 0 Å². The minimum absolute atomic E-state index is 0.0120. The molecule has 2 aromatic heterocycles. The number of nitrogens with one attached hydrogen (secondary N) is 2. The number of hydrogen-bond donors (Lipinski definition) is 2. The molecule has 1 aliphatic heterocycles. The monoisotopic (exact) mass is 391 g/mol. The Morgan fingerprint density at radius 1 is 1.24 bits per heavy atom. The maximum absolute atomic E-state index is 12.8. The van der Waals surface area contributed by atoms with Gasteiger partial charge in [0.1, 0.15) is 0 Å². The van der Waals surface area contributed by atoms with Crippen LogP contribution in [-0.2, 0) is 0 Å². The van der Waals surface area contributed by atoms with Crippen LogP contribution in [0.4, 0.5) is 0 Å². The summed E-state index contributed by atoms with van der Waals surface area (Å²) in [7, 11) is 0. The van der Waals surface area contributed by atoms with E-state index in [1.54, 1.807) is 29.3 Å². The number of carbonyl (C=O) groups excluding carboxylic acids is 2. The average Bonchev–Trinajstić information content (AvgIpc) is 3.44. The molecular weight excluding hydrogens is 366 g/mol. The third-order valence-electron chi connectivity index (χ3n) is 5.29. The zero-order valence-electron chi connectivity index (χ0n) is 16.5. The van der Waals surface area contributed by atoms with Crippen LogP contribution in [0.15, 0.2) is 55.0 Å². The molecule has 0 radical (unpaired) electrons. The van der Waals surface area contributed by atoms with Crippen molar-refractivity contribution in [3.05, 3.63) is 71.8 Å². The number of rotatable bonds is 5. The Labute approximate surface area is 169 Å². The van der Waals surface area contributed by atoms with Gasteiger partial charge in [0.05, 0.1) is 22.5 Å². The first kappa shape index (κ1) is 19.0. The van der Waals surface area contributed by atoms with E-state index in [9.17, 15) is 9.59 Å². The molecule has 1 unspecified atom stereocenters. The normalized spacial score (nSPS) is 16.6. The van der Waals surface area contributed by atoms with Gasteiger partial charge in [0.25, 0.3) is 11.8 Å². The van der Waals surface area contributed by atoms with Gasteiger partial charge in [-0.05, 0) is 38.0 Å². The van der Waals surface area contributed by atoms with E-state index < -0.39 is 0 Å². The highest BCUT2D eigenvalue weighted by Crippen LogP contribution is 2.30. The largest absolute Gasteiger partial charge is 0.367 e. The summed E-state index contributed by atoms with van der Waals surface area (Å²) in [4.78, 5) is 30.3. The summed E-state index contributed by atoms with van der Waals surface area (Å²) in [5, 5.41) is 7.66. The maximum Gasteiger partial charge on any atom is 0.255 e. The second-order valence-corrected chi connectivity index (χ2v) is 7.26. The summed E-state index contributed by atoms with van der Waals surface area (Å²) in [5.41, 5.74) is 2.90. The molecule has 3 heterocycles. The highest BCUT2D eigenvalue weighted by atomic mass is 16.2. The number of piperidine rings is 1. The molecule has 7 heteroatoms. The topological polar surface area (TPSA) is 83.0 Å². The van der Waals surface area contributed by atoms with E-state index >= 15 is 0 Å². The number of H-pyrrole nitrogens is 1. The average molecular weight is 391 g/mol. The summed E-state index contributed by atoms with van der Waals surface area (Å²) in [6.45, 7) is 3.73. The summed E-state index contributed by atoms with van der Waals surface area (Å²) in [6, 6.07) is 11.5. The number of benzene rings is 1. The van der Waals surface area contributed by atoms with Crippen molar-refractivity contribution in [1.82, 2.24) is 25.0 Å². The lowest BCUT2D eigenvalue weighted by Gasteiger charge is -2.32. The fraction of sp³-hybridized carbons (Fsp3) is 0.318. The Bertz CT molecular complexity index is 978. The first-order valence-corrected chi connectivity index (χ1v) is 10.0. The minimum atomic E-state index is -0.126. The Morgan fingerprint density at radius 2 is 2.07 bits per heavy atom. The highest BCUT2D eigenvalue weighted by Gasteiger charge is 2.30. The molecule has 2 N–H and O–H groups in total. The van der Waals surface area contributed by atoms with Gasteiger partial charge in [-0.25, -0.2) is 4.68 Å². The Hall–Kier alpha value is -3.35. The van der Waals surface area contributed by atoms with E-state index in [4.69, 9.17) is 5.10 Å². The second kappa shape index (κ2) is 8.34. The standard InChI is InChI=1S/C22H25N5O2/c1-2-24-21(28)19-15-27(18-8-4-3-5-9-18)25-20(19)17-7-6-12-26(14-17)22(29)16-10-11-23-13-16/h3-5,8-11,13,15,17,23H,2,6-7,12,14H2,1H3,(H,24,28). The van der Waals surface area contributed by atoms with Crippen LogP contribution in [0.3, 0.4) is 0 Å². The smallest absolute Gasteiger partial charge is 0.255 e. The number of aromatic nitrogens is 3. The van der Waals surface area contributed by atoms with Crippen LogP contribution in [0.2, 0.25) is 0 Å². The van der Waals surface area contributed by atoms with E-state index in [2.05, 4.69) is 10.3 Å². The molecule has 7 nitrogen and oxygen atoms in total. The van der Waals surface area contributed by atoms with Crippen molar-refractivity contribution in [2.75, 3.05) is 19.6 Å². The number of amides is 2. The molecular formula is C22H25N5O2. The Morgan fingerprint density at radius 3 is 2.79 bits per heavy atom. The van der Waals surface area contributed by atoms with Gasteiger partial charge in [0, 0.05) is 44.1 Å². The first-order chi connectivity index (χ1) is 14.2. The molecule has 1 aromatic carbocycles. The van der Waals surface area contributed by atoms with Crippen LogP contribution in [0.25, 0.3) is 5.69 Å². The fourth-order valence-electron chi connectivity index (χ4n) is 3.86. The highest BCUT2D eigenvalue weighted by molar-refractivity contribution is 5.96. The van der Waals surface area contributed by atoms with Gasteiger partial charge < -0.3 is 15.2 Å². The number of aromatic amines is 1. The van der Waals surface area contributed by atoms with E-state index in [-0.39, 0.29) is 17.7 Å². The van der Waals surface area contributed by atoms with Gasteiger partial charge in [-0.15, -0.1) is 0 Å². The molecule has 3 aromatic rings. The summed E-state index contributed by atoms with van der Waals surface area (Å²) >= 11 is 0. The zero-order chi connectivity index (χ0) is 20.2. The van der Waals surface area contributed by atoms with Crippen LogP contribution in [-0.4, -0.2) is 51.1 Å². The molecule has 0 bridgehead atoms. The van der Waals surface area contributed by atoms with Crippen molar-refractivity contribution >= 4 is 11.8 Å². The predicted molar refractivity (Wildman–Crippen MR) is 110 cm³/mol. The van der Waals surface area contributed by atoms with Crippen molar-refractivity contribution in [2.24, 2.45) is 0 Å². The zero-order valence-corrected chi connectivity index (χ0v) is 16.5. The molecule has 0 saturated carbocycles. The molecule has 0 spiro atoms. The van der Waals surface area contributed by atoms with Crippen molar-refractivity contribution < 1.29 is 9.59 Å². The van der Waals surface area contributed by atoms with Crippen molar-refractivity contribution in [2.45, 2.75) is 25.7 Å². The molecule has 1 fully saturated rings. The number of likely N-dealkylation sites (tertiary alicyclic amines) is 1. The van der Waals surface area contributed by atoms with Gasteiger partial charge in [-0.2, -0.15) is 5.10 Å². The van der Waals surface area contributed by atoms with Crippen molar-refractivity contribution in [3.8, 4) is 5.69 Å². The van der Waals surface area contributed by atoms with Gasteiger partial charge in [-0.3, -0.25) is 9.59 Å². The second-order valence-electron chi connectivity index (χ2n) is 7.26. The number of hydrogen-bond acceptors (Lipinski definition) is 3. The van der Waals surface area contributed by atoms with Crippen LogP contribution >= 0.6 is 0 Å². The molecule has 1 aliphatic rings. The number of nitrogens with zero attached hydrogens (tertiary/aromatic N) is 3. The quantitative estimate of drug-likeness (QED) is 0.701. The lowest BCUT2D eigenvalue weighted by molar-refractivity contribution is 0.0706. The first-order valence-electron chi connectivity index (χ1n) is 10.0. The lowest BCUT2D eigenvalue weighted by atomic mass is 9.92. The molecule has 150 valence electrons. The molecule has 0 aliphatic carbocycles. The van der Waals surface area contributed by atoms with Crippen LogP contribution in [0, 0.1) is 0 Å². The Balaban J connectivity index is 1.64. The molecule has 2 amide bonds. The fourth-order valence-corrected chi connectivity index (χ4v) is 3.86. The van der Waals surface area contributed by atoms with Gasteiger partial charge in [0.2, 0.25) is 0 Å². The van der Waals surface area contributed by atoms with Crippen LogP contribution in [0.1, 0.15) is 52.1 Å². The third kappa shape index (κ3) is 3.94. The van der Waals surface area contributed by atoms with E-state index in [0.717, 1.165) is 30.8 Å². The van der Waals surface area contributed by atoms with E-state index in [1.165, 1.54) is 0 Å². The van der Waals surface area contributed by atoms with E-state index in [1.807, 2.05) is 42.2 Å². The molecule has 29 heavy (non-hydrogen) atoms. The maximum atomic E-state index is 12.8. The van der Waals surface area contributed by atoms with Gasteiger partial charge in [0.15, 0.2) is 0 Å². The Kier molecular flexibility index (Phi) is 5.46. The van der Waals surface area contributed by atoms with Crippen molar-refractivity contribution in [3.63, 3.8) is 0 Å². The van der Waals surface area contributed by atoms with Gasteiger partial charge in [-0.1, -0.05) is 18.2 Å². The predicted octanol–water partition coefficient (Wildman–Crippen LogP) is 2.97. The SMILES string of the molecule is CCNC(=O)c1cn(-c2ccccc2)nc1C1CCCN(C(=O)c2cc[nH]c2)C1. The number of para-hydroxylation sites is 1. The summed E-state index contributed by atoms with van der Waals surface area (Å²) in [6.07, 6.45) is 7.05. The summed E-state index contributed by atoms with van der Waals surface area (Å²) in [5.74, 6) is -0.0917.